The molecule has 2 N–H and O–H groups in total. The Morgan fingerprint density at radius 3 is 2.77 bits per heavy atom. The molecule has 0 atom stereocenters. The number of aromatic amines is 1. The SMILES string of the molecule is COc1cnc(C)cc1C(=O)NCCCc1c(C)n[nH]c1C. The van der Waals surface area contributed by atoms with Gasteiger partial charge in [-0.1, -0.05) is 0 Å². The smallest absolute Gasteiger partial charge is 0.255 e. The molecule has 0 bridgehead atoms. The van der Waals surface area contributed by atoms with Crippen LogP contribution in [-0.2, 0) is 6.42 Å². The lowest BCUT2D eigenvalue weighted by Gasteiger charge is -2.09. The van der Waals surface area contributed by atoms with Crippen LogP contribution in [0, 0.1) is 20.8 Å². The van der Waals surface area contributed by atoms with Gasteiger partial charge in [-0.05, 0) is 45.2 Å². The summed E-state index contributed by atoms with van der Waals surface area (Å²) in [6.45, 7) is 6.45. The van der Waals surface area contributed by atoms with E-state index in [0.717, 1.165) is 29.9 Å². The van der Waals surface area contributed by atoms with Crippen LogP contribution in [0.2, 0.25) is 0 Å². The number of hydrogen-bond acceptors (Lipinski definition) is 4. The molecule has 118 valence electrons. The van der Waals surface area contributed by atoms with Crippen molar-refractivity contribution in [1.29, 1.82) is 0 Å². The minimum atomic E-state index is -0.136. The standard InChI is InChI=1S/C16H22N4O2/c1-10-8-14(15(22-4)9-18-10)16(21)17-7-5-6-13-11(2)19-20-12(13)3/h8-9H,5-7H2,1-4H3,(H,17,21)(H,19,20). The van der Waals surface area contributed by atoms with E-state index >= 15 is 0 Å². The van der Waals surface area contributed by atoms with E-state index in [-0.39, 0.29) is 5.91 Å². The lowest BCUT2D eigenvalue weighted by molar-refractivity contribution is 0.0950. The van der Waals surface area contributed by atoms with Crippen LogP contribution in [-0.4, -0.2) is 34.7 Å². The van der Waals surface area contributed by atoms with E-state index in [1.807, 2.05) is 20.8 Å². The first-order valence-electron chi connectivity index (χ1n) is 7.32. The molecule has 2 heterocycles. The summed E-state index contributed by atoms with van der Waals surface area (Å²) in [5.74, 6) is 0.354. The first-order chi connectivity index (χ1) is 10.5. The fraction of sp³-hybridized carbons (Fsp3) is 0.438. The van der Waals surface area contributed by atoms with Crippen LogP contribution in [0.1, 0.15) is 39.4 Å². The number of methoxy groups -OCH3 is 1. The average molecular weight is 302 g/mol. The third-order valence-electron chi connectivity index (χ3n) is 3.64. The van der Waals surface area contributed by atoms with Crippen molar-refractivity contribution < 1.29 is 9.53 Å². The van der Waals surface area contributed by atoms with Gasteiger partial charge in [-0.2, -0.15) is 5.10 Å². The van der Waals surface area contributed by atoms with Crippen molar-refractivity contribution in [3.8, 4) is 5.75 Å². The molecular formula is C16H22N4O2. The molecule has 0 saturated carbocycles. The molecule has 6 heteroatoms. The Bertz CT molecular complexity index is 645. The summed E-state index contributed by atoms with van der Waals surface area (Å²) < 4.78 is 5.18. The van der Waals surface area contributed by atoms with Gasteiger partial charge in [0.1, 0.15) is 5.75 Å². The molecule has 0 aromatic carbocycles. The van der Waals surface area contributed by atoms with Crippen LogP contribution in [0.25, 0.3) is 0 Å². The van der Waals surface area contributed by atoms with Gasteiger partial charge in [0.2, 0.25) is 0 Å². The Morgan fingerprint density at radius 2 is 2.14 bits per heavy atom. The molecular weight excluding hydrogens is 280 g/mol. The summed E-state index contributed by atoms with van der Waals surface area (Å²) in [5, 5.41) is 10.1. The van der Waals surface area contributed by atoms with Gasteiger partial charge >= 0.3 is 0 Å². The maximum Gasteiger partial charge on any atom is 0.255 e. The van der Waals surface area contributed by atoms with E-state index in [1.165, 1.54) is 12.7 Å². The minimum absolute atomic E-state index is 0.136. The van der Waals surface area contributed by atoms with Crippen molar-refractivity contribution in [2.45, 2.75) is 33.6 Å². The largest absolute Gasteiger partial charge is 0.494 e. The van der Waals surface area contributed by atoms with Gasteiger partial charge in [-0.15, -0.1) is 0 Å². The van der Waals surface area contributed by atoms with Crippen molar-refractivity contribution >= 4 is 5.91 Å². The monoisotopic (exact) mass is 302 g/mol. The highest BCUT2D eigenvalue weighted by atomic mass is 16.5. The van der Waals surface area contributed by atoms with Crippen molar-refractivity contribution in [3.05, 3.63) is 40.5 Å². The average Bonchev–Trinajstić information content (AvgIpc) is 2.82. The van der Waals surface area contributed by atoms with Gasteiger partial charge in [0.15, 0.2) is 0 Å². The van der Waals surface area contributed by atoms with E-state index in [0.29, 0.717) is 17.9 Å². The maximum absolute atomic E-state index is 12.2. The fourth-order valence-electron chi connectivity index (χ4n) is 2.39. The zero-order chi connectivity index (χ0) is 16.1. The number of carbonyl (C=O) groups is 1. The molecule has 2 rings (SSSR count). The summed E-state index contributed by atoms with van der Waals surface area (Å²) in [7, 11) is 1.54. The maximum atomic E-state index is 12.2. The van der Waals surface area contributed by atoms with Crippen molar-refractivity contribution in [2.75, 3.05) is 13.7 Å². The molecule has 0 aliphatic carbocycles. The quantitative estimate of drug-likeness (QED) is 0.801. The van der Waals surface area contributed by atoms with Gasteiger partial charge in [0, 0.05) is 17.9 Å². The predicted octanol–water partition coefficient (Wildman–Crippen LogP) is 2.10. The van der Waals surface area contributed by atoms with Gasteiger partial charge < -0.3 is 10.1 Å². The van der Waals surface area contributed by atoms with E-state index in [4.69, 9.17) is 4.74 Å². The Hall–Kier alpha value is -2.37. The first kappa shape index (κ1) is 16.0. The van der Waals surface area contributed by atoms with Gasteiger partial charge in [0.05, 0.1) is 24.6 Å². The summed E-state index contributed by atoms with van der Waals surface area (Å²) in [5.41, 5.74) is 4.65. The number of pyridine rings is 1. The second-order valence-electron chi connectivity index (χ2n) is 5.30. The molecule has 0 aliphatic heterocycles. The third kappa shape index (κ3) is 3.63. The number of rotatable bonds is 6. The highest BCUT2D eigenvalue weighted by Gasteiger charge is 2.13. The minimum Gasteiger partial charge on any atom is -0.494 e. The molecule has 1 amide bonds. The van der Waals surface area contributed by atoms with Crippen LogP contribution in [0.3, 0.4) is 0 Å². The highest BCUT2D eigenvalue weighted by molar-refractivity contribution is 5.96. The molecule has 0 saturated heterocycles. The fourth-order valence-corrected chi connectivity index (χ4v) is 2.39. The third-order valence-corrected chi connectivity index (χ3v) is 3.64. The number of aryl methyl sites for hydroxylation is 3. The Kier molecular flexibility index (Phi) is 5.14. The van der Waals surface area contributed by atoms with Gasteiger partial charge in [0.25, 0.3) is 5.91 Å². The number of amides is 1. The molecule has 22 heavy (non-hydrogen) atoms. The zero-order valence-electron chi connectivity index (χ0n) is 13.5. The molecule has 2 aromatic rings. The number of aromatic nitrogens is 3. The van der Waals surface area contributed by atoms with Crippen molar-refractivity contribution in [2.24, 2.45) is 0 Å². The predicted molar refractivity (Wildman–Crippen MR) is 84.2 cm³/mol. The molecule has 0 fully saturated rings. The van der Waals surface area contributed by atoms with E-state index in [9.17, 15) is 4.79 Å². The van der Waals surface area contributed by atoms with E-state index in [1.54, 1.807) is 12.3 Å². The lowest BCUT2D eigenvalue weighted by Crippen LogP contribution is -2.25. The molecule has 0 radical (unpaired) electrons. The van der Waals surface area contributed by atoms with Gasteiger partial charge in [-0.25, -0.2) is 0 Å². The Labute approximate surface area is 130 Å². The number of nitrogens with zero attached hydrogens (tertiary/aromatic N) is 2. The second kappa shape index (κ2) is 7.06. The van der Waals surface area contributed by atoms with Crippen molar-refractivity contribution in [3.63, 3.8) is 0 Å². The van der Waals surface area contributed by atoms with Crippen LogP contribution in [0.15, 0.2) is 12.3 Å². The van der Waals surface area contributed by atoms with Crippen molar-refractivity contribution in [1.82, 2.24) is 20.5 Å². The second-order valence-corrected chi connectivity index (χ2v) is 5.30. The molecule has 6 nitrogen and oxygen atoms in total. The van der Waals surface area contributed by atoms with E-state index < -0.39 is 0 Å². The van der Waals surface area contributed by atoms with Crippen LogP contribution in [0.5, 0.6) is 5.75 Å². The topological polar surface area (TPSA) is 79.9 Å². The molecule has 0 unspecified atom stereocenters. The molecule has 0 spiro atoms. The van der Waals surface area contributed by atoms with Crippen LogP contribution < -0.4 is 10.1 Å². The summed E-state index contributed by atoms with van der Waals surface area (Å²) in [6, 6.07) is 1.73. The summed E-state index contributed by atoms with van der Waals surface area (Å²) in [4.78, 5) is 16.4. The molecule has 0 aliphatic rings. The number of ether oxygens (including phenoxy) is 1. The van der Waals surface area contributed by atoms with Crippen LogP contribution >= 0.6 is 0 Å². The number of hydrogen-bond donors (Lipinski definition) is 2. The van der Waals surface area contributed by atoms with E-state index in [2.05, 4.69) is 20.5 Å². The van der Waals surface area contributed by atoms with Gasteiger partial charge in [-0.3, -0.25) is 14.9 Å². The summed E-state index contributed by atoms with van der Waals surface area (Å²) in [6.07, 6.45) is 3.32. The molecule has 2 aromatic heterocycles. The first-order valence-corrected chi connectivity index (χ1v) is 7.32. The normalized spacial score (nSPS) is 10.5. The Morgan fingerprint density at radius 1 is 1.36 bits per heavy atom. The number of nitrogens with one attached hydrogen (secondary N) is 2. The zero-order valence-corrected chi connectivity index (χ0v) is 13.5. The summed E-state index contributed by atoms with van der Waals surface area (Å²) >= 11 is 0. The number of H-pyrrole nitrogens is 1. The number of carbonyl (C=O) groups excluding carboxylic acids is 1. The Balaban J connectivity index is 1.90. The highest BCUT2D eigenvalue weighted by Crippen LogP contribution is 2.17. The van der Waals surface area contributed by atoms with Crippen LogP contribution in [0.4, 0.5) is 0 Å². The lowest BCUT2D eigenvalue weighted by atomic mass is 10.1.